The molecule has 128 valence electrons. The van der Waals surface area contributed by atoms with Crippen molar-refractivity contribution in [1.29, 1.82) is 0 Å². The number of sulfone groups is 1. The first-order chi connectivity index (χ1) is 10.7. The molecule has 0 spiro atoms. The van der Waals surface area contributed by atoms with Gasteiger partial charge in [-0.05, 0) is 12.1 Å². The topological polar surface area (TPSA) is 67.7 Å². The highest BCUT2D eigenvalue weighted by molar-refractivity contribution is 7.91. The van der Waals surface area contributed by atoms with Gasteiger partial charge < -0.3 is 10.2 Å². The van der Waals surface area contributed by atoms with Crippen LogP contribution in [0.25, 0.3) is 0 Å². The summed E-state index contributed by atoms with van der Waals surface area (Å²) >= 11 is 17.8. The van der Waals surface area contributed by atoms with Gasteiger partial charge in [0.15, 0.2) is 16.4 Å². The van der Waals surface area contributed by atoms with Crippen molar-refractivity contribution in [3.8, 4) is 0 Å². The van der Waals surface area contributed by atoms with E-state index in [1.165, 1.54) is 0 Å². The molecular formula is C14H18Cl3N2O3S+. The average molecular weight is 401 g/mol. The molecule has 0 bridgehead atoms. The Balaban J connectivity index is 1.86. The average Bonchev–Trinajstić information content (AvgIpc) is 2.66. The summed E-state index contributed by atoms with van der Waals surface area (Å²) in [5, 5.41) is 3.10. The lowest BCUT2D eigenvalue weighted by Gasteiger charge is -2.17. The summed E-state index contributed by atoms with van der Waals surface area (Å²) in [5.41, 5.74) is 0.961. The second-order valence-corrected chi connectivity index (χ2v) is 9.35. The SMILES string of the molecule is C[NH+](CC(=O)N[C@@H]1CS(=O)(=O)C[C@@H]1Cl)Cc1ccc(Cl)c(Cl)c1. The number of nitrogens with one attached hydrogen (secondary N) is 2. The first-order valence-corrected chi connectivity index (χ1v) is 10.1. The molecule has 2 N–H and O–H groups in total. The maximum Gasteiger partial charge on any atom is 0.275 e. The Morgan fingerprint density at radius 3 is 2.57 bits per heavy atom. The number of quaternary nitrogens is 1. The van der Waals surface area contributed by atoms with Crippen LogP contribution < -0.4 is 10.2 Å². The molecule has 1 aliphatic rings. The zero-order valence-electron chi connectivity index (χ0n) is 12.5. The quantitative estimate of drug-likeness (QED) is 0.709. The smallest absolute Gasteiger partial charge is 0.275 e. The number of carbonyl (C=O) groups is 1. The van der Waals surface area contributed by atoms with Crippen LogP contribution in [-0.4, -0.2) is 50.8 Å². The molecule has 1 aromatic carbocycles. The normalized spacial score (nSPS) is 24.3. The second-order valence-electron chi connectivity index (χ2n) is 5.83. The molecule has 5 nitrogen and oxygen atoms in total. The third-order valence-corrected chi connectivity index (χ3v) is 6.70. The second kappa shape index (κ2) is 7.57. The predicted octanol–water partition coefficient (Wildman–Crippen LogP) is 0.529. The number of carbonyl (C=O) groups excluding carboxylic acids is 1. The van der Waals surface area contributed by atoms with Crippen molar-refractivity contribution in [2.45, 2.75) is 18.0 Å². The Hall–Kier alpha value is -0.530. The number of rotatable bonds is 5. The molecule has 1 saturated heterocycles. The van der Waals surface area contributed by atoms with Gasteiger partial charge in [0.1, 0.15) is 6.54 Å². The number of hydrogen-bond acceptors (Lipinski definition) is 3. The molecule has 0 radical (unpaired) electrons. The van der Waals surface area contributed by atoms with E-state index in [0.29, 0.717) is 16.6 Å². The first kappa shape index (κ1) is 18.8. The molecule has 1 aromatic rings. The molecule has 9 heteroatoms. The molecular weight excluding hydrogens is 383 g/mol. The Kier molecular flexibility index (Phi) is 6.19. The van der Waals surface area contributed by atoms with E-state index in [0.717, 1.165) is 10.5 Å². The van der Waals surface area contributed by atoms with Crippen LogP contribution in [0.4, 0.5) is 0 Å². The number of alkyl halides is 1. The van der Waals surface area contributed by atoms with Gasteiger partial charge in [0.25, 0.3) is 5.91 Å². The van der Waals surface area contributed by atoms with Gasteiger partial charge in [-0.1, -0.05) is 29.3 Å². The van der Waals surface area contributed by atoms with E-state index in [1.54, 1.807) is 12.1 Å². The molecule has 1 heterocycles. The Morgan fingerprint density at radius 2 is 2.00 bits per heavy atom. The van der Waals surface area contributed by atoms with E-state index in [-0.39, 0.29) is 24.0 Å². The minimum absolute atomic E-state index is 0.0918. The maximum atomic E-state index is 12.0. The number of likely N-dealkylation sites (N-methyl/N-ethyl adjacent to an activating group) is 1. The lowest BCUT2D eigenvalue weighted by atomic mass is 10.2. The van der Waals surface area contributed by atoms with Crippen LogP contribution in [0.2, 0.25) is 10.0 Å². The Labute approximate surface area is 150 Å². The molecule has 23 heavy (non-hydrogen) atoms. The van der Waals surface area contributed by atoms with Crippen molar-refractivity contribution >= 4 is 50.5 Å². The Bertz CT molecular complexity index is 697. The lowest BCUT2D eigenvalue weighted by Crippen LogP contribution is -3.09. The highest BCUT2D eigenvalue weighted by Gasteiger charge is 2.37. The van der Waals surface area contributed by atoms with Crippen LogP contribution in [0.3, 0.4) is 0 Å². The fraction of sp³-hybridized carbons (Fsp3) is 0.500. The van der Waals surface area contributed by atoms with Gasteiger partial charge in [0.2, 0.25) is 0 Å². The standard InChI is InChI=1S/C14H17Cl3N2O3S/c1-19(5-9-2-3-10(15)11(16)4-9)6-14(20)18-13-8-23(21,22)7-12(13)17/h2-4,12-13H,5-8H2,1H3,(H,18,20)/p+1/t12-,13+/m0/s1. The summed E-state index contributed by atoms with van der Waals surface area (Å²) in [4.78, 5) is 13.0. The van der Waals surface area contributed by atoms with E-state index in [1.807, 2.05) is 13.1 Å². The summed E-state index contributed by atoms with van der Waals surface area (Å²) in [6.45, 7) is 0.804. The van der Waals surface area contributed by atoms with Crippen LogP contribution in [0.1, 0.15) is 5.56 Å². The molecule has 2 rings (SSSR count). The number of amides is 1. The van der Waals surface area contributed by atoms with Crippen molar-refractivity contribution in [1.82, 2.24) is 5.32 Å². The number of halogens is 3. The van der Waals surface area contributed by atoms with E-state index in [9.17, 15) is 13.2 Å². The van der Waals surface area contributed by atoms with Gasteiger partial charge in [-0.2, -0.15) is 0 Å². The third-order valence-electron chi connectivity index (χ3n) is 3.58. The van der Waals surface area contributed by atoms with Crippen molar-refractivity contribution in [3.05, 3.63) is 33.8 Å². The fourth-order valence-electron chi connectivity index (χ4n) is 2.53. The van der Waals surface area contributed by atoms with Gasteiger partial charge in [0, 0.05) is 5.56 Å². The summed E-state index contributed by atoms with van der Waals surface area (Å²) < 4.78 is 23.0. The van der Waals surface area contributed by atoms with E-state index >= 15 is 0 Å². The molecule has 0 aliphatic carbocycles. The number of benzene rings is 1. The van der Waals surface area contributed by atoms with Gasteiger partial charge in [-0.3, -0.25) is 4.79 Å². The van der Waals surface area contributed by atoms with Crippen LogP contribution in [0.5, 0.6) is 0 Å². The van der Waals surface area contributed by atoms with Crippen molar-refractivity contribution in [3.63, 3.8) is 0 Å². The maximum absolute atomic E-state index is 12.0. The summed E-state index contributed by atoms with van der Waals surface area (Å²) in [7, 11) is -1.29. The molecule has 1 aliphatic heterocycles. The molecule has 1 unspecified atom stereocenters. The fourth-order valence-corrected chi connectivity index (χ4v) is 5.40. The minimum atomic E-state index is -3.16. The van der Waals surface area contributed by atoms with Gasteiger partial charge in [0.05, 0.1) is 40.0 Å². The van der Waals surface area contributed by atoms with Crippen LogP contribution in [0, 0.1) is 0 Å². The van der Waals surface area contributed by atoms with Crippen LogP contribution in [0.15, 0.2) is 18.2 Å². The van der Waals surface area contributed by atoms with Crippen molar-refractivity contribution in [2.75, 3.05) is 25.1 Å². The largest absolute Gasteiger partial charge is 0.346 e. The monoisotopic (exact) mass is 399 g/mol. The van der Waals surface area contributed by atoms with E-state index in [2.05, 4.69) is 5.32 Å². The van der Waals surface area contributed by atoms with Gasteiger partial charge in [-0.15, -0.1) is 11.6 Å². The van der Waals surface area contributed by atoms with Crippen molar-refractivity contribution < 1.29 is 18.1 Å². The van der Waals surface area contributed by atoms with E-state index in [4.69, 9.17) is 34.8 Å². The molecule has 0 saturated carbocycles. The Morgan fingerprint density at radius 1 is 1.30 bits per heavy atom. The summed E-state index contributed by atoms with van der Waals surface area (Å²) in [5.74, 6) is -0.417. The van der Waals surface area contributed by atoms with Crippen molar-refractivity contribution in [2.24, 2.45) is 0 Å². The molecule has 3 atom stereocenters. The van der Waals surface area contributed by atoms with Gasteiger partial charge in [-0.25, -0.2) is 8.42 Å². The third kappa shape index (κ3) is 5.50. The highest BCUT2D eigenvalue weighted by Crippen LogP contribution is 2.22. The van der Waals surface area contributed by atoms with Crippen LogP contribution >= 0.6 is 34.8 Å². The van der Waals surface area contributed by atoms with Gasteiger partial charge >= 0.3 is 0 Å². The lowest BCUT2D eigenvalue weighted by molar-refractivity contribution is -0.885. The molecule has 1 fully saturated rings. The zero-order valence-corrected chi connectivity index (χ0v) is 15.6. The van der Waals surface area contributed by atoms with Crippen LogP contribution in [-0.2, 0) is 21.2 Å². The molecule has 0 aromatic heterocycles. The zero-order chi connectivity index (χ0) is 17.2. The summed E-state index contributed by atoms with van der Waals surface area (Å²) in [6.07, 6.45) is 0. The number of hydrogen-bond donors (Lipinski definition) is 2. The van der Waals surface area contributed by atoms with E-state index < -0.39 is 21.3 Å². The first-order valence-electron chi connectivity index (χ1n) is 7.05. The highest BCUT2D eigenvalue weighted by atomic mass is 35.5. The summed E-state index contributed by atoms with van der Waals surface area (Å²) in [6, 6.07) is 4.82. The molecule has 1 amide bonds. The predicted molar refractivity (Wildman–Crippen MR) is 92.1 cm³/mol. The minimum Gasteiger partial charge on any atom is -0.346 e.